The van der Waals surface area contributed by atoms with Crippen LogP contribution in [-0.2, 0) is 0 Å². The Bertz CT molecular complexity index is 1510. The molecule has 3 N–H and O–H groups in total. The molecule has 2 aromatic carbocycles. The third-order valence-corrected chi connectivity index (χ3v) is 9.18. The molecular formula is C30H35ClN8O. The molecule has 0 bridgehead atoms. The topological polar surface area (TPSA) is 97.4 Å². The summed E-state index contributed by atoms with van der Waals surface area (Å²) in [5, 5.41) is 10.2. The summed E-state index contributed by atoms with van der Waals surface area (Å²) in [5.74, 6) is 1.31. The zero-order chi connectivity index (χ0) is 27.2. The highest BCUT2D eigenvalue weighted by molar-refractivity contribution is 6.31. The number of hydrogen-bond acceptors (Lipinski definition) is 8. The molecule has 1 saturated carbocycles. The molecule has 1 aliphatic carbocycles. The second-order valence-electron chi connectivity index (χ2n) is 11.3. The van der Waals surface area contributed by atoms with E-state index in [1.54, 1.807) is 6.33 Å². The van der Waals surface area contributed by atoms with E-state index in [-0.39, 0.29) is 6.04 Å². The zero-order valence-corrected chi connectivity index (χ0v) is 23.5. The fourth-order valence-corrected chi connectivity index (χ4v) is 6.88. The number of piperazine rings is 1. The summed E-state index contributed by atoms with van der Waals surface area (Å²) in [6, 6.07) is 15.0. The molecular weight excluding hydrogens is 524 g/mol. The summed E-state index contributed by atoms with van der Waals surface area (Å²) < 4.78 is 7.95. The third kappa shape index (κ3) is 4.66. The number of benzene rings is 2. The van der Waals surface area contributed by atoms with Crippen molar-refractivity contribution in [2.24, 2.45) is 0 Å². The van der Waals surface area contributed by atoms with Crippen molar-refractivity contribution in [1.29, 1.82) is 0 Å². The summed E-state index contributed by atoms with van der Waals surface area (Å²) in [4.78, 5) is 14.1. The minimum Gasteiger partial charge on any atom is -0.491 e. The van der Waals surface area contributed by atoms with E-state index in [1.165, 1.54) is 25.9 Å². The van der Waals surface area contributed by atoms with Crippen LogP contribution in [0.5, 0.6) is 5.75 Å². The van der Waals surface area contributed by atoms with Gasteiger partial charge in [-0.2, -0.15) is 5.10 Å². The van der Waals surface area contributed by atoms with Gasteiger partial charge in [-0.3, -0.25) is 4.90 Å². The second kappa shape index (κ2) is 10.5. The fraction of sp³-hybridized carbons (Fsp3) is 0.433. The van der Waals surface area contributed by atoms with Gasteiger partial charge >= 0.3 is 0 Å². The largest absolute Gasteiger partial charge is 0.491 e. The van der Waals surface area contributed by atoms with Crippen LogP contribution in [0.15, 0.2) is 48.8 Å². The molecule has 4 aromatic rings. The smallest absolute Gasteiger partial charge is 0.164 e. The quantitative estimate of drug-likeness (QED) is 0.353. The summed E-state index contributed by atoms with van der Waals surface area (Å²) in [7, 11) is 2.21. The number of nitrogens with zero attached hydrogens (tertiary/aromatic N) is 6. The molecule has 0 radical (unpaired) electrons. The maximum absolute atomic E-state index is 6.47. The van der Waals surface area contributed by atoms with E-state index in [1.807, 2.05) is 18.2 Å². The van der Waals surface area contributed by atoms with Crippen molar-refractivity contribution >= 4 is 34.1 Å². The predicted molar refractivity (Wildman–Crippen MR) is 159 cm³/mol. The lowest BCUT2D eigenvalue weighted by atomic mass is 9.90. The summed E-state index contributed by atoms with van der Waals surface area (Å²) in [5.41, 5.74) is 11.0. The molecule has 2 fully saturated rings. The number of fused-ring (bicyclic) bond motifs is 2. The predicted octanol–water partition coefficient (Wildman–Crippen LogP) is 5.01. The number of nitrogen functional groups attached to an aromatic ring is 1. The van der Waals surface area contributed by atoms with Gasteiger partial charge in [-0.25, -0.2) is 14.6 Å². The van der Waals surface area contributed by atoms with Gasteiger partial charge in [0.15, 0.2) is 5.65 Å². The summed E-state index contributed by atoms with van der Waals surface area (Å²) in [6.07, 6.45) is 6.10. The minimum absolute atomic E-state index is 0.000364. The van der Waals surface area contributed by atoms with Gasteiger partial charge in [-0.15, -0.1) is 0 Å². The van der Waals surface area contributed by atoms with Gasteiger partial charge in [0.05, 0.1) is 17.5 Å². The first-order chi connectivity index (χ1) is 19.5. The van der Waals surface area contributed by atoms with Crippen molar-refractivity contribution in [3.63, 3.8) is 0 Å². The van der Waals surface area contributed by atoms with Crippen LogP contribution in [0.4, 0.5) is 11.5 Å². The highest BCUT2D eigenvalue weighted by Gasteiger charge is 2.31. The number of nitrogens with two attached hydrogens (primary N) is 1. The number of aromatic nitrogens is 4. The van der Waals surface area contributed by atoms with E-state index >= 15 is 0 Å². The van der Waals surface area contributed by atoms with Crippen LogP contribution in [0.3, 0.4) is 0 Å². The first-order valence-corrected chi connectivity index (χ1v) is 14.6. The Morgan fingerprint density at radius 1 is 0.950 bits per heavy atom. The highest BCUT2D eigenvalue weighted by atomic mass is 35.5. The SMILES string of the molecule is CN1CCN([C@H]2CC[C@H](n3nc(-c4ccc(NC5COc6cccc(Cl)c65)cc4)c4c(N)ncnc43)CC2)CC1. The van der Waals surface area contributed by atoms with Gasteiger partial charge in [0.2, 0.25) is 0 Å². The molecule has 10 heteroatoms. The Morgan fingerprint density at radius 3 is 2.48 bits per heavy atom. The number of likely N-dealkylation sites (N-methyl/N-ethyl adjacent to an activating group) is 1. The van der Waals surface area contributed by atoms with E-state index in [2.05, 4.69) is 61.1 Å². The maximum Gasteiger partial charge on any atom is 0.164 e. The molecule has 3 aliphatic rings. The van der Waals surface area contributed by atoms with Crippen molar-refractivity contribution < 1.29 is 4.74 Å². The van der Waals surface area contributed by atoms with E-state index < -0.39 is 0 Å². The second-order valence-corrected chi connectivity index (χ2v) is 11.7. The number of ether oxygens (including phenoxy) is 1. The van der Waals surface area contributed by atoms with Crippen LogP contribution in [0.25, 0.3) is 22.3 Å². The normalized spacial score (nSPS) is 23.7. The highest BCUT2D eigenvalue weighted by Crippen LogP contribution is 2.40. The number of rotatable bonds is 5. The molecule has 1 atom stereocenters. The Hall–Kier alpha value is -3.40. The molecule has 40 heavy (non-hydrogen) atoms. The van der Waals surface area contributed by atoms with E-state index in [0.29, 0.717) is 29.5 Å². The van der Waals surface area contributed by atoms with E-state index in [4.69, 9.17) is 27.2 Å². The van der Waals surface area contributed by atoms with E-state index in [0.717, 1.165) is 65.2 Å². The molecule has 208 valence electrons. The van der Waals surface area contributed by atoms with Crippen LogP contribution >= 0.6 is 11.6 Å². The fourth-order valence-electron chi connectivity index (χ4n) is 6.58. The summed E-state index contributed by atoms with van der Waals surface area (Å²) in [6.45, 7) is 5.20. The maximum atomic E-state index is 6.47. The monoisotopic (exact) mass is 558 g/mol. The lowest BCUT2D eigenvalue weighted by Gasteiger charge is -2.41. The van der Waals surface area contributed by atoms with Crippen molar-refractivity contribution in [2.45, 2.75) is 43.8 Å². The average molecular weight is 559 g/mol. The standard InChI is InChI=1S/C30H35ClN8O/c1-37-13-15-38(16-14-37)21-9-11-22(12-10-21)39-30-27(29(32)33-18-34-30)28(36-39)19-5-7-20(8-6-19)35-24-17-40-25-4-2-3-23(31)26(24)25/h2-8,18,21-22,24,35H,9-17H2,1H3,(H2,32,33,34)/t21-,22-,24?. The van der Waals surface area contributed by atoms with Crippen molar-refractivity contribution in [3.05, 3.63) is 59.4 Å². The van der Waals surface area contributed by atoms with E-state index in [9.17, 15) is 0 Å². The molecule has 9 nitrogen and oxygen atoms in total. The van der Waals surface area contributed by atoms with Crippen LogP contribution in [0.1, 0.15) is 43.3 Å². The Balaban J connectivity index is 1.11. The third-order valence-electron chi connectivity index (χ3n) is 8.85. The Labute approximate surface area is 239 Å². The molecule has 4 heterocycles. The number of halogens is 1. The molecule has 1 unspecified atom stereocenters. The van der Waals surface area contributed by atoms with Gasteiger partial charge < -0.3 is 20.7 Å². The molecule has 1 saturated heterocycles. The zero-order valence-electron chi connectivity index (χ0n) is 22.8. The lowest BCUT2D eigenvalue weighted by molar-refractivity contribution is 0.0815. The van der Waals surface area contributed by atoms with Gasteiger partial charge in [0.1, 0.15) is 30.2 Å². The first kappa shape index (κ1) is 25.6. The van der Waals surface area contributed by atoms with Gasteiger partial charge in [0, 0.05) is 54.1 Å². The van der Waals surface area contributed by atoms with Crippen LogP contribution in [0.2, 0.25) is 5.02 Å². The van der Waals surface area contributed by atoms with Gasteiger partial charge in [0.25, 0.3) is 0 Å². The van der Waals surface area contributed by atoms with Gasteiger partial charge in [-0.1, -0.05) is 29.8 Å². The number of anilines is 2. The van der Waals surface area contributed by atoms with Crippen LogP contribution in [-0.4, -0.2) is 75.4 Å². The molecule has 0 amide bonds. The molecule has 0 spiro atoms. The lowest BCUT2D eigenvalue weighted by Crippen LogP contribution is -2.49. The Morgan fingerprint density at radius 2 is 1.70 bits per heavy atom. The average Bonchev–Trinajstić information content (AvgIpc) is 3.58. The summed E-state index contributed by atoms with van der Waals surface area (Å²) >= 11 is 6.47. The molecule has 7 rings (SSSR count). The van der Waals surface area contributed by atoms with Crippen LogP contribution < -0.4 is 15.8 Å². The van der Waals surface area contributed by atoms with Crippen LogP contribution in [0, 0.1) is 0 Å². The molecule has 2 aromatic heterocycles. The number of nitrogens with one attached hydrogen (secondary N) is 1. The minimum atomic E-state index is -0.000364. The van der Waals surface area contributed by atoms with Crippen molar-refractivity contribution in [1.82, 2.24) is 29.5 Å². The first-order valence-electron chi connectivity index (χ1n) is 14.2. The van der Waals surface area contributed by atoms with Crippen molar-refractivity contribution in [2.75, 3.05) is 50.9 Å². The molecule has 2 aliphatic heterocycles. The Kier molecular flexibility index (Phi) is 6.73. The van der Waals surface area contributed by atoms with Crippen molar-refractivity contribution in [3.8, 4) is 17.0 Å². The number of hydrogen-bond donors (Lipinski definition) is 2. The van der Waals surface area contributed by atoms with Gasteiger partial charge in [-0.05, 0) is 57.0 Å².